The zero-order valence-electron chi connectivity index (χ0n) is 18.0. The van der Waals surface area contributed by atoms with Gasteiger partial charge < -0.3 is 19.6 Å². The number of carbonyl (C=O) groups excluding carboxylic acids is 2. The number of amides is 1. The van der Waals surface area contributed by atoms with Crippen LogP contribution in [-0.4, -0.2) is 60.4 Å². The lowest BCUT2D eigenvalue weighted by molar-refractivity contribution is -0.140. The molecule has 1 fully saturated rings. The number of benzene rings is 2. The topological polar surface area (TPSA) is 70.1 Å². The van der Waals surface area contributed by atoms with Crippen LogP contribution in [0.5, 0.6) is 5.75 Å². The minimum absolute atomic E-state index is 0.0111. The number of nitrogens with zero attached hydrogens (tertiary/aromatic N) is 2. The van der Waals surface area contributed by atoms with E-state index in [1.807, 2.05) is 32.0 Å². The number of aliphatic hydroxyl groups is 1. The van der Waals surface area contributed by atoms with E-state index in [0.717, 1.165) is 6.42 Å². The molecule has 1 amide bonds. The van der Waals surface area contributed by atoms with Crippen LogP contribution in [0.2, 0.25) is 0 Å². The molecule has 6 nitrogen and oxygen atoms in total. The van der Waals surface area contributed by atoms with Crippen LogP contribution in [0.1, 0.15) is 30.5 Å². The average Bonchev–Trinajstić information content (AvgIpc) is 3.01. The average molecular weight is 426 g/mol. The lowest BCUT2D eigenvalue weighted by Crippen LogP contribution is -2.35. The predicted molar refractivity (Wildman–Crippen MR) is 116 cm³/mol. The highest BCUT2D eigenvalue weighted by molar-refractivity contribution is 6.46. The Balaban J connectivity index is 2.11. The maximum absolute atomic E-state index is 13.3. The summed E-state index contributed by atoms with van der Waals surface area (Å²) in [7, 11) is 3.76. The summed E-state index contributed by atoms with van der Waals surface area (Å²) >= 11 is 0. The van der Waals surface area contributed by atoms with E-state index >= 15 is 0 Å². The van der Waals surface area contributed by atoms with Crippen LogP contribution >= 0.6 is 0 Å². The normalized spacial score (nSPS) is 18.1. The zero-order valence-corrected chi connectivity index (χ0v) is 18.0. The highest BCUT2D eigenvalue weighted by Gasteiger charge is 2.46. The monoisotopic (exact) mass is 426 g/mol. The molecule has 2 aromatic rings. The van der Waals surface area contributed by atoms with Crippen molar-refractivity contribution >= 4 is 17.4 Å². The van der Waals surface area contributed by atoms with Gasteiger partial charge in [-0.15, -0.1) is 0 Å². The first-order chi connectivity index (χ1) is 14.8. The van der Waals surface area contributed by atoms with E-state index in [1.165, 1.54) is 29.2 Å². The van der Waals surface area contributed by atoms with Gasteiger partial charge in [0.05, 0.1) is 18.2 Å². The van der Waals surface area contributed by atoms with Crippen molar-refractivity contribution in [1.82, 2.24) is 9.80 Å². The van der Waals surface area contributed by atoms with Gasteiger partial charge in [0, 0.05) is 18.7 Å². The fraction of sp³-hybridized carbons (Fsp3) is 0.333. The molecule has 1 aliphatic heterocycles. The summed E-state index contributed by atoms with van der Waals surface area (Å²) in [6.07, 6.45) is 0.843. The zero-order chi connectivity index (χ0) is 22.5. The fourth-order valence-electron chi connectivity index (χ4n) is 3.52. The van der Waals surface area contributed by atoms with E-state index in [1.54, 1.807) is 18.2 Å². The maximum Gasteiger partial charge on any atom is 0.295 e. The number of halogens is 1. The second kappa shape index (κ2) is 9.75. The Hall–Kier alpha value is -3.19. The van der Waals surface area contributed by atoms with Crippen molar-refractivity contribution < 1.29 is 23.8 Å². The molecule has 164 valence electrons. The molecule has 0 unspecified atom stereocenters. The van der Waals surface area contributed by atoms with Crippen molar-refractivity contribution in [2.75, 3.05) is 33.8 Å². The van der Waals surface area contributed by atoms with Gasteiger partial charge in [-0.25, -0.2) is 4.39 Å². The van der Waals surface area contributed by atoms with Gasteiger partial charge in [0.1, 0.15) is 17.3 Å². The van der Waals surface area contributed by atoms with Gasteiger partial charge >= 0.3 is 0 Å². The molecule has 1 atom stereocenters. The van der Waals surface area contributed by atoms with E-state index in [-0.39, 0.29) is 16.9 Å². The molecule has 0 aliphatic carbocycles. The third kappa shape index (κ3) is 4.94. The third-order valence-corrected chi connectivity index (χ3v) is 5.09. The Morgan fingerprint density at radius 3 is 2.52 bits per heavy atom. The Morgan fingerprint density at radius 1 is 1.16 bits per heavy atom. The SMILES string of the molecule is CCCOc1cccc([C@H]2C(=C(O)c3ccc(F)cc3)C(=O)C(=O)N2CCN(C)C)c1. The maximum atomic E-state index is 13.3. The molecule has 0 saturated carbocycles. The van der Waals surface area contributed by atoms with Crippen LogP contribution in [0.4, 0.5) is 4.39 Å². The van der Waals surface area contributed by atoms with E-state index < -0.39 is 23.5 Å². The van der Waals surface area contributed by atoms with E-state index in [4.69, 9.17) is 4.74 Å². The number of likely N-dealkylation sites (tertiary alicyclic amines) is 1. The third-order valence-electron chi connectivity index (χ3n) is 5.09. The lowest BCUT2D eigenvalue weighted by Gasteiger charge is -2.27. The summed E-state index contributed by atoms with van der Waals surface area (Å²) in [6, 6.07) is 11.6. The molecule has 1 N–H and O–H groups in total. The summed E-state index contributed by atoms with van der Waals surface area (Å²) in [5.74, 6) is -1.59. The number of hydrogen-bond acceptors (Lipinski definition) is 5. The molecule has 7 heteroatoms. The van der Waals surface area contributed by atoms with Gasteiger partial charge in [-0.05, 0) is 62.5 Å². The van der Waals surface area contributed by atoms with Crippen molar-refractivity contribution in [2.24, 2.45) is 0 Å². The number of Topliss-reactive ketones (excluding diaryl/α,β-unsaturated/α-hetero) is 1. The van der Waals surface area contributed by atoms with Crippen LogP contribution in [0.15, 0.2) is 54.1 Å². The summed E-state index contributed by atoms with van der Waals surface area (Å²) < 4.78 is 19.1. The molecule has 1 heterocycles. The largest absolute Gasteiger partial charge is 0.507 e. The Labute approximate surface area is 181 Å². The van der Waals surface area contributed by atoms with Crippen molar-refractivity contribution in [3.8, 4) is 5.75 Å². The van der Waals surface area contributed by atoms with Crippen molar-refractivity contribution in [1.29, 1.82) is 0 Å². The Morgan fingerprint density at radius 2 is 1.87 bits per heavy atom. The summed E-state index contributed by atoms with van der Waals surface area (Å²) in [4.78, 5) is 29.2. The molecule has 3 rings (SSSR count). The molecule has 0 spiro atoms. The molecule has 1 aliphatic rings. The first-order valence-electron chi connectivity index (χ1n) is 10.2. The molecule has 31 heavy (non-hydrogen) atoms. The second-order valence-electron chi connectivity index (χ2n) is 7.72. The standard InChI is InChI=1S/C24H27FN2O4/c1-4-14-31-19-7-5-6-17(15-19)21-20(22(28)16-8-10-18(25)11-9-16)23(29)24(30)27(21)13-12-26(2)3/h5-11,15,21,28H,4,12-14H2,1-3H3/t21-/m0/s1. The van der Waals surface area contributed by atoms with Crippen molar-refractivity contribution in [3.63, 3.8) is 0 Å². The molecular formula is C24H27FN2O4. The molecule has 0 bridgehead atoms. The molecule has 2 aromatic carbocycles. The quantitative estimate of drug-likeness (QED) is 0.397. The number of hydrogen-bond donors (Lipinski definition) is 1. The Kier molecular flexibility index (Phi) is 7.07. The minimum Gasteiger partial charge on any atom is -0.507 e. The van der Waals surface area contributed by atoms with Crippen LogP contribution < -0.4 is 4.74 Å². The smallest absolute Gasteiger partial charge is 0.295 e. The first kappa shape index (κ1) is 22.5. The molecular weight excluding hydrogens is 399 g/mol. The Bertz CT molecular complexity index is 985. The van der Waals surface area contributed by atoms with Gasteiger partial charge in [-0.2, -0.15) is 0 Å². The molecule has 1 saturated heterocycles. The van der Waals surface area contributed by atoms with Gasteiger partial charge in [-0.1, -0.05) is 19.1 Å². The van der Waals surface area contributed by atoms with E-state index in [0.29, 0.717) is 31.0 Å². The van der Waals surface area contributed by atoms with Crippen LogP contribution in [0, 0.1) is 5.82 Å². The number of carbonyl (C=O) groups is 2. The van der Waals surface area contributed by atoms with Gasteiger partial charge in [-0.3, -0.25) is 9.59 Å². The highest BCUT2D eigenvalue weighted by atomic mass is 19.1. The summed E-state index contributed by atoms with van der Waals surface area (Å²) in [5, 5.41) is 11.0. The highest BCUT2D eigenvalue weighted by Crippen LogP contribution is 2.40. The van der Waals surface area contributed by atoms with Crippen LogP contribution in [0.3, 0.4) is 0 Å². The summed E-state index contributed by atoms with van der Waals surface area (Å²) in [5.41, 5.74) is 0.925. The number of rotatable bonds is 8. The van der Waals surface area contributed by atoms with Gasteiger partial charge in [0.25, 0.3) is 11.7 Å². The predicted octanol–water partition coefficient (Wildman–Crippen LogP) is 3.60. The van der Waals surface area contributed by atoms with E-state index in [9.17, 15) is 19.1 Å². The van der Waals surface area contributed by atoms with Crippen LogP contribution in [0.25, 0.3) is 5.76 Å². The van der Waals surface area contributed by atoms with Crippen molar-refractivity contribution in [2.45, 2.75) is 19.4 Å². The molecule has 0 radical (unpaired) electrons. The number of ketones is 1. The van der Waals surface area contributed by atoms with Gasteiger partial charge in [0.2, 0.25) is 0 Å². The number of likely N-dealkylation sites (N-methyl/N-ethyl adjacent to an activating group) is 1. The summed E-state index contributed by atoms with van der Waals surface area (Å²) in [6.45, 7) is 3.40. The number of ether oxygens (including phenoxy) is 1. The number of aliphatic hydroxyl groups excluding tert-OH is 1. The second-order valence-corrected chi connectivity index (χ2v) is 7.72. The lowest BCUT2D eigenvalue weighted by atomic mass is 9.95. The first-order valence-corrected chi connectivity index (χ1v) is 10.2. The molecule has 0 aromatic heterocycles. The fourth-order valence-corrected chi connectivity index (χ4v) is 3.52. The minimum atomic E-state index is -0.768. The van der Waals surface area contributed by atoms with Crippen LogP contribution in [-0.2, 0) is 9.59 Å². The van der Waals surface area contributed by atoms with Gasteiger partial charge in [0.15, 0.2) is 0 Å². The van der Waals surface area contributed by atoms with E-state index in [2.05, 4.69) is 0 Å². The van der Waals surface area contributed by atoms with Crippen molar-refractivity contribution in [3.05, 3.63) is 71.0 Å².